The van der Waals surface area contributed by atoms with Crippen molar-refractivity contribution < 1.29 is 14.3 Å². The van der Waals surface area contributed by atoms with E-state index in [0.717, 1.165) is 12.8 Å². The first kappa shape index (κ1) is 13.9. The highest BCUT2D eigenvalue weighted by atomic mass is 32.1. The van der Waals surface area contributed by atoms with Crippen molar-refractivity contribution in [2.24, 2.45) is 0 Å². The highest BCUT2D eigenvalue weighted by Gasteiger charge is 2.27. The number of carbonyl (C=O) groups excluding carboxylic acids is 2. The Hall–Kier alpha value is -1.56. The van der Waals surface area contributed by atoms with E-state index in [4.69, 9.17) is 0 Å². The zero-order valence-corrected chi connectivity index (χ0v) is 11.7. The van der Waals surface area contributed by atoms with Gasteiger partial charge >= 0.3 is 6.09 Å². The maximum absolute atomic E-state index is 11.8. The molecule has 0 saturated carbocycles. The van der Waals surface area contributed by atoms with Crippen LogP contribution in [0.2, 0.25) is 0 Å². The number of ether oxygens (including phenoxy) is 1. The lowest BCUT2D eigenvalue weighted by atomic mass is 10.2. The minimum absolute atomic E-state index is 0.0444. The van der Waals surface area contributed by atoms with Gasteiger partial charge in [0.25, 0.3) is 0 Å². The van der Waals surface area contributed by atoms with E-state index in [2.05, 4.69) is 15.4 Å². The highest BCUT2D eigenvalue weighted by Crippen LogP contribution is 2.11. The molecule has 0 unspecified atom stereocenters. The summed E-state index contributed by atoms with van der Waals surface area (Å²) in [4.78, 5) is 24.7. The standard InChI is InChI=1S/C13H18N2O3S/c1-18-13(17)15-6-4-11(8-15)14-12(16)3-2-10-5-7-19-9-10/h5,7,9,11H,2-4,6,8H2,1H3,(H,14,16)/t11-/m1/s1. The maximum atomic E-state index is 11.8. The molecule has 1 saturated heterocycles. The second-order valence-corrected chi connectivity index (χ2v) is 5.38. The van der Waals surface area contributed by atoms with Gasteiger partial charge in [0, 0.05) is 25.6 Å². The SMILES string of the molecule is COC(=O)N1CC[C@@H](NC(=O)CCc2ccsc2)C1. The second kappa shape index (κ2) is 6.56. The van der Waals surface area contributed by atoms with Crippen LogP contribution in [-0.2, 0) is 16.0 Å². The van der Waals surface area contributed by atoms with Crippen LogP contribution in [-0.4, -0.2) is 43.1 Å². The number of hydrogen-bond acceptors (Lipinski definition) is 4. The van der Waals surface area contributed by atoms with E-state index >= 15 is 0 Å². The monoisotopic (exact) mass is 282 g/mol. The molecule has 1 aliphatic rings. The van der Waals surface area contributed by atoms with Crippen molar-refractivity contribution in [1.82, 2.24) is 10.2 Å². The third-order valence-corrected chi connectivity index (χ3v) is 3.94. The molecule has 2 heterocycles. The van der Waals surface area contributed by atoms with Gasteiger partial charge in [-0.3, -0.25) is 4.79 Å². The van der Waals surface area contributed by atoms with Gasteiger partial charge in [-0.25, -0.2) is 4.79 Å². The number of amides is 2. The fourth-order valence-corrected chi connectivity index (χ4v) is 2.87. The van der Waals surface area contributed by atoms with E-state index in [0.29, 0.717) is 19.5 Å². The van der Waals surface area contributed by atoms with Crippen molar-refractivity contribution in [1.29, 1.82) is 0 Å². The molecule has 6 heteroatoms. The Kier molecular flexibility index (Phi) is 4.79. The van der Waals surface area contributed by atoms with Gasteiger partial charge in [0.1, 0.15) is 0 Å². The summed E-state index contributed by atoms with van der Waals surface area (Å²) in [5, 5.41) is 7.03. The van der Waals surface area contributed by atoms with Crippen molar-refractivity contribution in [3.05, 3.63) is 22.4 Å². The predicted molar refractivity (Wildman–Crippen MR) is 73.2 cm³/mol. The van der Waals surface area contributed by atoms with Crippen LogP contribution in [0.3, 0.4) is 0 Å². The molecule has 1 aliphatic heterocycles. The minimum Gasteiger partial charge on any atom is -0.453 e. The molecule has 0 spiro atoms. The summed E-state index contributed by atoms with van der Waals surface area (Å²) in [7, 11) is 1.37. The topological polar surface area (TPSA) is 58.6 Å². The van der Waals surface area contributed by atoms with E-state index in [1.807, 2.05) is 11.4 Å². The molecular formula is C13H18N2O3S. The number of thiophene rings is 1. The first-order chi connectivity index (χ1) is 9.19. The largest absolute Gasteiger partial charge is 0.453 e. The molecule has 19 heavy (non-hydrogen) atoms. The van der Waals surface area contributed by atoms with E-state index < -0.39 is 0 Å². The first-order valence-electron chi connectivity index (χ1n) is 6.32. The van der Waals surface area contributed by atoms with Gasteiger partial charge in [0.2, 0.25) is 5.91 Å². The Labute approximate surface area is 116 Å². The maximum Gasteiger partial charge on any atom is 0.409 e. The molecule has 1 N–H and O–H groups in total. The molecule has 0 radical (unpaired) electrons. The number of nitrogens with one attached hydrogen (secondary N) is 1. The van der Waals surface area contributed by atoms with Crippen LogP contribution in [0.15, 0.2) is 16.8 Å². The number of methoxy groups -OCH3 is 1. The van der Waals surface area contributed by atoms with Gasteiger partial charge in [-0.2, -0.15) is 11.3 Å². The Morgan fingerprint density at radius 3 is 3.11 bits per heavy atom. The zero-order valence-electron chi connectivity index (χ0n) is 10.9. The molecule has 1 atom stereocenters. The summed E-state index contributed by atoms with van der Waals surface area (Å²) < 4.78 is 4.66. The van der Waals surface area contributed by atoms with Gasteiger partial charge in [0.05, 0.1) is 7.11 Å². The van der Waals surface area contributed by atoms with Gasteiger partial charge in [-0.15, -0.1) is 0 Å². The van der Waals surface area contributed by atoms with Crippen LogP contribution in [0.25, 0.3) is 0 Å². The lowest BCUT2D eigenvalue weighted by Gasteiger charge is -2.15. The molecule has 2 amide bonds. The summed E-state index contributed by atoms with van der Waals surface area (Å²) in [5.41, 5.74) is 1.20. The van der Waals surface area contributed by atoms with E-state index in [1.54, 1.807) is 16.2 Å². The molecule has 0 bridgehead atoms. The Bertz CT molecular complexity index is 433. The van der Waals surface area contributed by atoms with E-state index in [9.17, 15) is 9.59 Å². The summed E-state index contributed by atoms with van der Waals surface area (Å²) >= 11 is 1.64. The third-order valence-electron chi connectivity index (χ3n) is 3.21. The van der Waals surface area contributed by atoms with Gasteiger partial charge in [-0.05, 0) is 35.2 Å². The Morgan fingerprint density at radius 2 is 2.42 bits per heavy atom. The fraction of sp³-hybridized carbons (Fsp3) is 0.538. The number of aryl methyl sites for hydroxylation is 1. The number of nitrogens with zero attached hydrogens (tertiary/aromatic N) is 1. The van der Waals surface area contributed by atoms with Crippen LogP contribution >= 0.6 is 11.3 Å². The Balaban J connectivity index is 1.70. The normalized spacial score (nSPS) is 18.4. The molecule has 104 valence electrons. The molecule has 1 aromatic rings. The summed E-state index contributed by atoms with van der Waals surface area (Å²) in [6.45, 7) is 1.18. The smallest absolute Gasteiger partial charge is 0.409 e. The molecule has 5 nitrogen and oxygen atoms in total. The van der Waals surface area contributed by atoms with Crippen molar-refractivity contribution in [3.63, 3.8) is 0 Å². The highest BCUT2D eigenvalue weighted by molar-refractivity contribution is 7.07. The van der Waals surface area contributed by atoms with Crippen molar-refractivity contribution in [3.8, 4) is 0 Å². The zero-order chi connectivity index (χ0) is 13.7. The average molecular weight is 282 g/mol. The molecular weight excluding hydrogens is 264 g/mol. The van der Waals surface area contributed by atoms with Crippen LogP contribution in [0.4, 0.5) is 4.79 Å². The molecule has 0 aromatic carbocycles. The predicted octanol–water partition coefficient (Wildman–Crippen LogP) is 1.64. The fourth-order valence-electron chi connectivity index (χ4n) is 2.17. The number of rotatable bonds is 4. The number of likely N-dealkylation sites (tertiary alicyclic amines) is 1. The molecule has 0 aliphatic carbocycles. The second-order valence-electron chi connectivity index (χ2n) is 4.60. The average Bonchev–Trinajstić information content (AvgIpc) is 3.06. The van der Waals surface area contributed by atoms with Crippen LogP contribution < -0.4 is 5.32 Å². The first-order valence-corrected chi connectivity index (χ1v) is 7.26. The molecule has 2 rings (SSSR count). The number of hydrogen-bond donors (Lipinski definition) is 1. The minimum atomic E-state index is -0.324. The third kappa shape index (κ3) is 3.96. The molecule has 1 aromatic heterocycles. The lowest BCUT2D eigenvalue weighted by molar-refractivity contribution is -0.121. The Morgan fingerprint density at radius 1 is 1.58 bits per heavy atom. The van der Waals surface area contributed by atoms with Gasteiger partial charge in [-0.1, -0.05) is 0 Å². The van der Waals surface area contributed by atoms with Crippen LogP contribution in [0, 0.1) is 0 Å². The van der Waals surface area contributed by atoms with Crippen molar-refractivity contribution >= 4 is 23.3 Å². The summed E-state index contributed by atoms with van der Waals surface area (Å²) in [6, 6.07) is 2.08. The van der Waals surface area contributed by atoms with Crippen LogP contribution in [0.5, 0.6) is 0 Å². The molecule has 1 fully saturated rings. The van der Waals surface area contributed by atoms with E-state index in [-0.39, 0.29) is 18.0 Å². The van der Waals surface area contributed by atoms with Crippen molar-refractivity contribution in [2.75, 3.05) is 20.2 Å². The number of carbonyl (C=O) groups is 2. The van der Waals surface area contributed by atoms with Gasteiger partial charge < -0.3 is 15.0 Å². The summed E-state index contributed by atoms with van der Waals surface area (Å²) in [6.07, 6.45) is 1.73. The van der Waals surface area contributed by atoms with E-state index in [1.165, 1.54) is 12.7 Å². The summed E-state index contributed by atoms with van der Waals surface area (Å²) in [5.74, 6) is 0.0444. The van der Waals surface area contributed by atoms with Crippen LogP contribution in [0.1, 0.15) is 18.4 Å². The van der Waals surface area contributed by atoms with Gasteiger partial charge in [0.15, 0.2) is 0 Å². The van der Waals surface area contributed by atoms with Crippen molar-refractivity contribution in [2.45, 2.75) is 25.3 Å². The lowest BCUT2D eigenvalue weighted by Crippen LogP contribution is -2.38. The quantitative estimate of drug-likeness (QED) is 0.913.